The fraction of sp³-hybridized carbons (Fsp3) is 0.278. The van der Waals surface area contributed by atoms with Crippen molar-refractivity contribution >= 4 is 5.78 Å². The number of piperidine rings is 1. The monoisotopic (exact) mass is 266 g/mol. The number of hydrogen-bond acceptors (Lipinski definition) is 1. The number of Topliss-reactive ketones (excluding diaryl/α,β-unsaturated/α-hetero) is 1. The molecule has 2 aromatic carbocycles. The summed E-state index contributed by atoms with van der Waals surface area (Å²) in [5, 5.41) is 2.36. The number of rotatable bonds is 2. The van der Waals surface area contributed by atoms with E-state index in [2.05, 4.69) is 36.5 Å². The maximum Gasteiger partial charge on any atom is 0.148 e. The highest BCUT2D eigenvalue weighted by atomic mass is 16.1. The molecule has 1 saturated heterocycles. The summed E-state index contributed by atoms with van der Waals surface area (Å²) in [4.78, 5) is 12.3. The van der Waals surface area contributed by atoms with Gasteiger partial charge in [0, 0.05) is 11.1 Å². The van der Waals surface area contributed by atoms with Crippen molar-refractivity contribution in [3.8, 4) is 0 Å². The molecule has 0 aliphatic carbocycles. The Balaban J connectivity index is 1.89. The number of hydrogen-bond donors (Lipinski definition) is 1. The van der Waals surface area contributed by atoms with Crippen molar-refractivity contribution in [2.45, 2.75) is 25.4 Å². The number of nitrogens with two attached hydrogens (primary N) is 1. The summed E-state index contributed by atoms with van der Waals surface area (Å²) < 4.78 is 0. The second-order valence-electron chi connectivity index (χ2n) is 5.61. The van der Waals surface area contributed by atoms with Crippen LogP contribution in [0.4, 0.5) is 0 Å². The topological polar surface area (TPSA) is 33.7 Å². The lowest BCUT2D eigenvalue weighted by molar-refractivity contribution is -0.742. The van der Waals surface area contributed by atoms with E-state index >= 15 is 0 Å². The van der Waals surface area contributed by atoms with E-state index in [0.717, 1.165) is 0 Å². The summed E-state index contributed by atoms with van der Waals surface area (Å²) >= 11 is 0. The molecule has 1 heterocycles. The van der Waals surface area contributed by atoms with Gasteiger partial charge in [-0.25, -0.2) is 0 Å². The van der Waals surface area contributed by atoms with Gasteiger partial charge in [-0.05, 0) is 6.92 Å². The van der Waals surface area contributed by atoms with Crippen molar-refractivity contribution in [1.29, 1.82) is 0 Å². The molecule has 0 spiro atoms. The van der Waals surface area contributed by atoms with Crippen LogP contribution in [0.2, 0.25) is 0 Å². The average Bonchev–Trinajstić information content (AvgIpc) is 2.51. The van der Waals surface area contributed by atoms with Crippen LogP contribution in [-0.4, -0.2) is 5.78 Å². The van der Waals surface area contributed by atoms with Crippen molar-refractivity contribution in [1.82, 2.24) is 0 Å². The van der Waals surface area contributed by atoms with E-state index in [-0.39, 0.29) is 18.0 Å². The van der Waals surface area contributed by atoms with Crippen LogP contribution in [0.1, 0.15) is 36.6 Å². The fourth-order valence-electron chi connectivity index (χ4n) is 3.09. The van der Waals surface area contributed by atoms with Gasteiger partial charge in [0.25, 0.3) is 0 Å². The first-order valence-electron chi connectivity index (χ1n) is 7.23. The van der Waals surface area contributed by atoms with Crippen molar-refractivity contribution in [2.75, 3.05) is 0 Å². The van der Waals surface area contributed by atoms with Crippen LogP contribution in [0.25, 0.3) is 0 Å². The van der Waals surface area contributed by atoms with Crippen molar-refractivity contribution in [3.63, 3.8) is 0 Å². The van der Waals surface area contributed by atoms with E-state index in [1.165, 1.54) is 11.1 Å². The molecule has 1 aliphatic heterocycles. The molecule has 1 aliphatic rings. The quantitative estimate of drug-likeness (QED) is 0.890. The summed E-state index contributed by atoms with van der Waals surface area (Å²) in [6.07, 6.45) is 0.633. The largest absolute Gasteiger partial charge is 0.333 e. The van der Waals surface area contributed by atoms with E-state index < -0.39 is 0 Å². The molecular formula is C18H20NO+. The maximum atomic E-state index is 12.3. The minimum Gasteiger partial charge on any atom is -0.333 e. The van der Waals surface area contributed by atoms with Crippen LogP contribution >= 0.6 is 0 Å². The number of carbonyl (C=O) groups excluding carboxylic acids is 1. The SMILES string of the molecule is C[C@H]1C(=O)C[C@@H](c2ccccc2)[NH2+][C@@H]1c1ccccc1. The molecule has 1 fully saturated rings. The number of ketones is 1. The van der Waals surface area contributed by atoms with Crippen molar-refractivity contribution in [3.05, 3.63) is 71.8 Å². The van der Waals surface area contributed by atoms with Gasteiger partial charge in [-0.15, -0.1) is 0 Å². The minimum atomic E-state index is 0.0809. The molecule has 0 saturated carbocycles. The first kappa shape index (κ1) is 13.1. The zero-order valence-electron chi connectivity index (χ0n) is 11.7. The number of quaternary nitrogens is 1. The third kappa shape index (κ3) is 2.52. The molecule has 2 heteroatoms. The maximum absolute atomic E-state index is 12.3. The van der Waals surface area contributed by atoms with Gasteiger partial charge in [-0.1, -0.05) is 60.7 Å². The van der Waals surface area contributed by atoms with Gasteiger partial charge < -0.3 is 5.32 Å². The van der Waals surface area contributed by atoms with Gasteiger partial charge in [0.2, 0.25) is 0 Å². The summed E-state index contributed by atoms with van der Waals surface area (Å²) in [5.74, 6) is 0.451. The van der Waals surface area contributed by atoms with Crippen molar-refractivity contribution in [2.24, 2.45) is 5.92 Å². The Bertz CT molecular complexity index is 579. The molecule has 2 nitrogen and oxygen atoms in total. The fourth-order valence-corrected chi connectivity index (χ4v) is 3.09. The van der Waals surface area contributed by atoms with Crippen LogP contribution in [-0.2, 0) is 4.79 Å². The second kappa shape index (κ2) is 5.59. The summed E-state index contributed by atoms with van der Waals surface area (Å²) in [7, 11) is 0. The lowest BCUT2D eigenvalue weighted by Gasteiger charge is -2.32. The molecule has 3 atom stereocenters. The van der Waals surface area contributed by atoms with Crippen LogP contribution in [0.3, 0.4) is 0 Å². The first-order valence-corrected chi connectivity index (χ1v) is 7.23. The predicted octanol–water partition coefficient (Wildman–Crippen LogP) is 2.64. The highest BCUT2D eigenvalue weighted by Crippen LogP contribution is 2.28. The van der Waals surface area contributed by atoms with Crippen LogP contribution < -0.4 is 5.32 Å². The molecule has 2 aromatic rings. The van der Waals surface area contributed by atoms with Crippen LogP contribution in [0.5, 0.6) is 0 Å². The molecule has 20 heavy (non-hydrogen) atoms. The van der Waals surface area contributed by atoms with Gasteiger partial charge in [-0.2, -0.15) is 0 Å². The average molecular weight is 266 g/mol. The zero-order chi connectivity index (χ0) is 13.9. The molecule has 0 bridgehead atoms. The molecule has 102 valence electrons. The third-order valence-electron chi connectivity index (χ3n) is 4.32. The Labute approximate surface area is 119 Å². The van der Waals surface area contributed by atoms with Crippen molar-refractivity contribution < 1.29 is 10.1 Å². The molecule has 0 radical (unpaired) electrons. The summed E-state index contributed by atoms with van der Waals surface area (Å²) in [6, 6.07) is 21.2. The summed E-state index contributed by atoms with van der Waals surface area (Å²) in [5.41, 5.74) is 2.49. The lowest BCUT2D eigenvalue weighted by Crippen LogP contribution is -2.90. The predicted molar refractivity (Wildman–Crippen MR) is 79.1 cm³/mol. The molecular weight excluding hydrogens is 246 g/mol. The Kier molecular flexibility index (Phi) is 3.66. The highest BCUT2D eigenvalue weighted by Gasteiger charge is 2.38. The summed E-state index contributed by atoms with van der Waals surface area (Å²) in [6.45, 7) is 2.05. The Morgan fingerprint density at radius 2 is 1.45 bits per heavy atom. The Morgan fingerprint density at radius 3 is 2.05 bits per heavy atom. The van der Waals surface area contributed by atoms with Gasteiger partial charge in [-0.3, -0.25) is 4.79 Å². The van der Waals surface area contributed by atoms with Crippen LogP contribution in [0, 0.1) is 5.92 Å². The standard InChI is InChI=1S/C18H19NO/c1-13-17(20)12-16(14-8-4-2-5-9-14)19-18(13)15-10-6-3-7-11-15/h2-11,13,16,18-19H,12H2,1H3/p+1/t13-,16-,18-/m0/s1. The highest BCUT2D eigenvalue weighted by molar-refractivity contribution is 5.82. The normalized spacial score (nSPS) is 26.4. The molecule has 0 aromatic heterocycles. The van der Waals surface area contributed by atoms with E-state index in [0.29, 0.717) is 12.2 Å². The second-order valence-corrected chi connectivity index (χ2v) is 5.61. The molecule has 0 amide bonds. The minimum absolute atomic E-state index is 0.0809. The molecule has 0 unspecified atom stereocenters. The Hall–Kier alpha value is -1.93. The van der Waals surface area contributed by atoms with Gasteiger partial charge in [0.05, 0.1) is 12.3 Å². The van der Waals surface area contributed by atoms with E-state index in [1.54, 1.807) is 0 Å². The molecule has 2 N–H and O–H groups in total. The van der Waals surface area contributed by atoms with E-state index in [4.69, 9.17) is 0 Å². The van der Waals surface area contributed by atoms with E-state index in [1.807, 2.05) is 36.4 Å². The third-order valence-corrected chi connectivity index (χ3v) is 4.32. The van der Waals surface area contributed by atoms with Gasteiger partial charge in [0.15, 0.2) is 0 Å². The molecule has 3 rings (SSSR count). The van der Waals surface area contributed by atoms with Crippen LogP contribution in [0.15, 0.2) is 60.7 Å². The smallest absolute Gasteiger partial charge is 0.148 e. The lowest BCUT2D eigenvalue weighted by atomic mass is 9.82. The number of benzene rings is 2. The van der Waals surface area contributed by atoms with Gasteiger partial charge in [0.1, 0.15) is 17.9 Å². The Morgan fingerprint density at radius 1 is 0.900 bits per heavy atom. The zero-order valence-corrected chi connectivity index (χ0v) is 11.7. The van der Waals surface area contributed by atoms with Gasteiger partial charge >= 0.3 is 0 Å². The van der Waals surface area contributed by atoms with E-state index in [9.17, 15) is 4.79 Å². The first-order chi connectivity index (χ1) is 9.75. The number of carbonyl (C=O) groups is 1.